The van der Waals surface area contributed by atoms with E-state index in [9.17, 15) is 0 Å². The van der Waals surface area contributed by atoms with E-state index in [0.29, 0.717) is 5.54 Å². The zero-order valence-corrected chi connectivity index (χ0v) is 11.2. The molecule has 0 amide bonds. The van der Waals surface area contributed by atoms with Gasteiger partial charge in [-0.2, -0.15) is 0 Å². The number of rotatable bonds is 4. The van der Waals surface area contributed by atoms with Crippen LogP contribution >= 0.6 is 0 Å². The van der Waals surface area contributed by atoms with Gasteiger partial charge in [0.15, 0.2) is 0 Å². The first-order chi connectivity index (χ1) is 8.05. The van der Waals surface area contributed by atoms with Crippen molar-refractivity contribution >= 4 is 0 Å². The van der Waals surface area contributed by atoms with Crippen molar-refractivity contribution in [3.05, 3.63) is 18.2 Å². The van der Waals surface area contributed by atoms with Gasteiger partial charge in [-0.1, -0.05) is 12.8 Å². The van der Waals surface area contributed by atoms with Gasteiger partial charge in [0, 0.05) is 24.3 Å². The van der Waals surface area contributed by atoms with Crippen molar-refractivity contribution in [3.8, 4) is 0 Å². The fraction of sp³-hybridized carbons (Fsp3) is 0.769. The fourth-order valence-electron chi connectivity index (χ4n) is 2.94. The summed E-state index contributed by atoms with van der Waals surface area (Å²) in [5.74, 6) is 0. The minimum atomic E-state index is 0.0538. The Hall–Kier alpha value is -0.870. The van der Waals surface area contributed by atoms with Gasteiger partial charge in [0.1, 0.15) is 0 Å². The van der Waals surface area contributed by atoms with Crippen molar-refractivity contribution in [2.75, 3.05) is 14.1 Å². The Morgan fingerprint density at radius 2 is 2.12 bits per heavy atom. The average molecular weight is 236 g/mol. The lowest BCUT2D eigenvalue weighted by molar-refractivity contribution is 0.132. The quantitative estimate of drug-likeness (QED) is 0.867. The Morgan fingerprint density at radius 3 is 2.65 bits per heavy atom. The van der Waals surface area contributed by atoms with Crippen molar-refractivity contribution in [2.24, 2.45) is 5.73 Å². The lowest BCUT2D eigenvalue weighted by atomic mass is 9.95. The Morgan fingerprint density at radius 1 is 1.47 bits per heavy atom. The van der Waals surface area contributed by atoms with Crippen LogP contribution in [0.25, 0.3) is 0 Å². The molecule has 1 heterocycles. The first-order valence-electron chi connectivity index (χ1n) is 6.48. The molecule has 0 radical (unpaired) electrons. The van der Waals surface area contributed by atoms with Gasteiger partial charge in [0.2, 0.25) is 0 Å². The second-order valence-electron chi connectivity index (χ2n) is 5.56. The van der Waals surface area contributed by atoms with E-state index in [2.05, 4.69) is 28.5 Å². The summed E-state index contributed by atoms with van der Waals surface area (Å²) in [7, 11) is 4.38. The lowest BCUT2D eigenvalue weighted by Gasteiger charge is -2.37. The zero-order chi connectivity index (χ0) is 12.5. The second kappa shape index (κ2) is 4.78. The fourth-order valence-corrected chi connectivity index (χ4v) is 2.94. The highest BCUT2D eigenvalue weighted by atomic mass is 15.2. The third-order valence-corrected chi connectivity index (χ3v) is 4.16. The van der Waals surface area contributed by atoms with Crippen LogP contribution in [0.15, 0.2) is 12.5 Å². The molecule has 1 fully saturated rings. The SMILES string of the molecule is CC(N)c1cncn1CC1(N(C)C)CCCC1. The summed E-state index contributed by atoms with van der Waals surface area (Å²) >= 11 is 0. The van der Waals surface area contributed by atoms with Crippen LogP contribution in [-0.4, -0.2) is 34.1 Å². The molecule has 1 atom stereocenters. The summed E-state index contributed by atoms with van der Waals surface area (Å²) in [5, 5.41) is 0. The van der Waals surface area contributed by atoms with E-state index < -0.39 is 0 Å². The van der Waals surface area contributed by atoms with Crippen LogP contribution in [0.1, 0.15) is 44.3 Å². The second-order valence-corrected chi connectivity index (χ2v) is 5.56. The molecule has 4 heteroatoms. The van der Waals surface area contributed by atoms with Crippen molar-refractivity contribution in [2.45, 2.75) is 50.7 Å². The van der Waals surface area contributed by atoms with Gasteiger partial charge in [-0.05, 0) is 33.9 Å². The molecule has 2 N–H and O–H groups in total. The molecule has 1 aliphatic carbocycles. The van der Waals surface area contributed by atoms with Crippen molar-refractivity contribution in [1.82, 2.24) is 14.5 Å². The monoisotopic (exact) mass is 236 g/mol. The van der Waals surface area contributed by atoms with Gasteiger partial charge in [-0.25, -0.2) is 4.98 Å². The molecule has 1 aromatic rings. The number of nitrogens with two attached hydrogens (primary N) is 1. The maximum Gasteiger partial charge on any atom is 0.0949 e. The lowest BCUT2D eigenvalue weighted by Crippen LogP contribution is -2.45. The van der Waals surface area contributed by atoms with Crippen molar-refractivity contribution < 1.29 is 0 Å². The smallest absolute Gasteiger partial charge is 0.0949 e. The molecule has 17 heavy (non-hydrogen) atoms. The van der Waals surface area contributed by atoms with Crippen LogP contribution in [0.3, 0.4) is 0 Å². The molecule has 1 saturated carbocycles. The minimum Gasteiger partial charge on any atom is -0.331 e. The summed E-state index contributed by atoms with van der Waals surface area (Å²) < 4.78 is 2.23. The molecule has 0 aromatic carbocycles. The largest absolute Gasteiger partial charge is 0.331 e. The molecule has 96 valence electrons. The van der Waals surface area contributed by atoms with E-state index >= 15 is 0 Å². The van der Waals surface area contributed by atoms with Crippen molar-refractivity contribution in [1.29, 1.82) is 0 Å². The Bertz CT molecular complexity index is 361. The summed E-state index contributed by atoms with van der Waals surface area (Å²) in [6.07, 6.45) is 9.03. The van der Waals surface area contributed by atoms with Gasteiger partial charge < -0.3 is 15.2 Å². The molecule has 1 aromatic heterocycles. The maximum absolute atomic E-state index is 5.98. The number of hydrogen-bond donors (Lipinski definition) is 1. The molecule has 0 spiro atoms. The molecule has 0 bridgehead atoms. The molecule has 0 saturated heterocycles. The topological polar surface area (TPSA) is 47.1 Å². The Balaban J connectivity index is 2.21. The van der Waals surface area contributed by atoms with Gasteiger partial charge in [-0.15, -0.1) is 0 Å². The summed E-state index contributed by atoms with van der Waals surface area (Å²) in [4.78, 5) is 6.62. The summed E-state index contributed by atoms with van der Waals surface area (Å²) in [6, 6.07) is 0.0538. The van der Waals surface area contributed by atoms with E-state index in [1.54, 1.807) is 0 Å². The molecular weight excluding hydrogens is 212 g/mol. The van der Waals surface area contributed by atoms with E-state index in [1.807, 2.05) is 19.4 Å². The van der Waals surface area contributed by atoms with Crippen LogP contribution < -0.4 is 5.73 Å². The van der Waals surface area contributed by atoms with Crippen LogP contribution in [0, 0.1) is 0 Å². The third-order valence-electron chi connectivity index (χ3n) is 4.16. The van der Waals surface area contributed by atoms with Crippen LogP contribution in [-0.2, 0) is 6.54 Å². The molecule has 0 aliphatic heterocycles. The van der Waals surface area contributed by atoms with Crippen LogP contribution in [0.4, 0.5) is 0 Å². The van der Waals surface area contributed by atoms with Gasteiger partial charge in [-0.3, -0.25) is 0 Å². The predicted octanol–water partition coefficient (Wildman–Crippen LogP) is 1.78. The maximum atomic E-state index is 5.98. The minimum absolute atomic E-state index is 0.0538. The molecule has 1 unspecified atom stereocenters. The van der Waals surface area contributed by atoms with E-state index in [-0.39, 0.29) is 6.04 Å². The first-order valence-corrected chi connectivity index (χ1v) is 6.48. The normalized spacial score (nSPS) is 21.0. The summed E-state index contributed by atoms with van der Waals surface area (Å²) in [6.45, 7) is 3.03. The van der Waals surface area contributed by atoms with Crippen molar-refractivity contribution in [3.63, 3.8) is 0 Å². The molecular formula is C13H24N4. The van der Waals surface area contributed by atoms with E-state index in [1.165, 1.54) is 25.7 Å². The van der Waals surface area contributed by atoms with Crippen LogP contribution in [0.5, 0.6) is 0 Å². The number of imidazole rings is 1. The van der Waals surface area contributed by atoms with Gasteiger partial charge >= 0.3 is 0 Å². The first kappa shape index (κ1) is 12.6. The summed E-state index contributed by atoms with van der Waals surface area (Å²) in [5.41, 5.74) is 7.41. The number of hydrogen-bond acceptors (Lipinski definition) is 3. The van der Waals surface area contributed by atoms with E-state index in [4.69, 9.17) is 5.73 Å². The van der Waals surface area contributed by atoms with Gasteiger partial charge in [0.05, 0.1) is 12.0 Å². The van der Waals surface area contributed by atoms with Crippen LogP contribution in [0.2, 0.25) is 0 Å². The predicted molar refractivity (Wildman–Crippen MR) is 69.7 cm³/mol. The Kier molecular flexibility index (Phi) is 3.54. The Labute approximate surface area is 104 Å². The number of likely N-dealkylation sites (N-methyl/N-ethyl adjacent to an activating group) is 1. The van der Waals surface area contributed by atoms with Gasteiger partial charge in [0.25, 0.3) is 0 Å². The third kappa shape index (κ3) is 2.38. The molecule has 4 nitrogen and oxygen atoms in total. The average Bonchev–Trinajstić information content (AvgIpc) is 2.87. The molecule has 1 aliphatic rings. The number of aromatic nitrogens is 2. The highest BCUT2D eigenvalue weighted by molar-refractivity contribution is 5.06. The zero-order valence-electron chi connectivity index (χ0n) is 11.2. The van der Waals surface area contributed by atoms with E-state index in [0.717, 1.165) is 12.2 Å². The number of nitrogens with zero attached hydrogens (tertiary/aromatic N) is 3. The highest BCUT2D eigenvalue weighted by Gasteiger charge is 2.36. The molecule has 2 rings (SSSR count). The standard InChI is InChI=1S/C13H24N4/c1-11(14)12-8-15-10-17(12)9-13(16(2)3)6-4-5-7-13/h8,10-11H,4-7,9,14H2,1-3H3. The highest BCUT2D eigenvalue weighted by Crippen LogP contribution is 2.35.